The maximum Gasteiger partial charge on any atom is 0.275 e. The summed E-state index contributed by atoms with van der Waals surface area (Å²) < 4.78 is 4.90. The van der Waals surface area contributed by atoms with Gasteiger partial charge < -0.3 is 19.6 Å². The second-order valence-electron chi connectivity index (χ2n) is 5.78. The highest BCUT2D eigenvalue weighted by atomic mass is 16.5. The van der Waals surface area contributed by atoms with Crippen molar-refractivity contribution in [2.75, 3.05) is 38.5 Å². The first-order valence-corrected chi connectivity index (χ1v) is 7.72. The molecular weight excluding hydrogens is 310 g/mol. The Kier molecular flexibility index (Phi) is 4.57. The van der Waals surface area contributed by atoms with Crippen LogP contribution in [-0.2, 0) is 0 Å². The van der Waals surface area contributed by atoms with E-state index in [2.05, 4.69) is 20.4 Å². The zero-order valence-corrected chi connectivity index (χ0v) is 13.7. The lowest BCUT2D eigenvalue weighted by Crippen LogP contribution is -2.47. The van der Waals surface area contributed by atoms with Crippen LogP contribution in [0.5, 0.6) is 0 Å². The van der Waals surface area contributed by atoms with Gasteiger partial charge in [-0.3, -0.25) is 9.59 Å². The van der Waals surface area contributed by atoms with E-state index in [9.17, 15) is 9.59 Å². The molecule has 1 fully saturated rings. The van der Waals surface area contributed by atoms with Crippen LogP contribution in [0.3, 0.4) is 0 Å². The summed E-state index contributed by atoms with van der Waals surface area (Å²) in [6, 6.07) is 6.44. The summed E-state index contributed by atoms with van der Waals surface area (Å²) in [7, 11) is 2.02. The van der Waals surface area contributed by atoms with Crippen molar-refractivity contribution in [2.24, 2.45) is 0 Å². The quantitative estimate of drug-likeness (QED) is 0.904. The molecule has 2 amide bonds. The summed E-state index contributed by atoms with van der Waals surface area (Å²) in [6.07, 6.45) is 0. The third-order valence-corrected chi connectivity index (χ3v) is 3.86. The molecule has 1 aliphatic rings. The molecule has 0 unspecified atom stereocenters. The summed E-state index contributed by atoms with van der Waals surface area (Å²) in [4.78, 5) is 32.9. The Balaban J connectivity index is 1.71. The number of pyridine rings is 1. The SMILES string of the molecule is Cc1cc(NC(=O)c2cccc(C(=O)N3CCN(C)CC3)n2)no1. The van der Waals surface area contributed by atoms with Crippen LogP contribution in [0.2, 0.25) is 0 Å². The number of rotatable bonds is 3. The second kappa shape index (κ2) is 6.79. The fourth-order valence-corrected chi connectivity index (χ4v) is 2.46. The van der Waals surface area contributed by atoms with Gasteiger partial charge >= 0.3 is 0 Å². The van der Waals surface area contributed by atoms with E-state index in [-0.39, 0.29) is 17.3 Å². The lowest BCUT2D eigenvalue weighted by molar-refractivity contribution is 0.0658. The van der Waals surface area contributed by atoms with Crippen molar-refractivity contribution in [1.29, 1.82) is 0 Å². The van der Waals surface area contributed by atoms with Crippen molar-refractivity contribution < 1.29 is 14.1 Å². The fraction of sp³-hybridized carbons (Fsp3) is 0.375. The molecule has 0 aliphatic carbocycles. The first-order chi connectivity index (χ1) is 11.5. The smallest absolute Gasteiger partial charge is 0.275 e. The molecule has 3 rings (SSSR count). The number of anilines is 1. The van der Waals surface area contributed by atoms with E-state index in [1.165, 1.54) is 0 Å². The van der Waals surface area contributed by atoms with Crippen molar-refractivity contribution in [3.8, 4) is 0 Å². The van der Waals surface area contributed by atoms with E-state index >= 15 is 0 Å². The Morgan fingerprint density at radius 1 is 1.17 bits per heavy atom. The second-order valence-corrected chi connectivity index (χ2v) is 5.78. The van der Waals surface area contributed by atoms with Gasteiger partial charge in [-0.05, 0) is 26.1 Å². The zero-order valence-electron chi connectivity index (χ0n) is 13.7. The minimum atomic E-state index is -0.434. The van der Waals surface area contributed by atoms with Gasteiger partial charge in [0.15, 0.2) is 5.82 Å². The number of aryl methyl sites for hydroxylation is 1. The Morgan fingerprint density at radius 2 is 1.88 bits per heavy atom. The molecule has 24 heavy (non-hydrogen) atoms. The molecule has 3 heterocycles. The average Bonchev–Trinajstić information content (AvgIpc) is 3.00. The third kappa shape index (κ3) is 3.60. The van der Waals surface area contributed by atoms with Crippen LogP contribution in [0.15, 0.2) is 28.8 Å². The number of hydrogen-bond donors (Lipinski definition) is 1. The average molecular weight is 329 g/mol. The molecule has 2 aromatic heterocycles. The predicted octanol–water partition coefficient (Wildman–Crippen LogP) is 1.02. The van der Waals surface area contributed by atoms with Gasteiger partial charge in [0.05, 0.1) is 0 Å². The lowest BCUT2D eigenvalue weighted by atomic mass is 10.2. The number of piperazine rings is 1. The molecule has 2 aromatic rings. The summed E-state index contributed by atoms with van der Waals surface area (Å²) in [5.74, 6) is 0.318. The van der Waals surface area contributed by atoms with Crippen molar-refractivity contribution >= 4 is 17.6 Å². The Bertz CT molecular complexity index is 750. The van der Waals surface area contributed by atoms with E-state index in [0.717, 1.165) is 13.1 Å². The number of aromatic nitrogens is 2. The van der Waals surface area contributed by atoms with Gasteiger partial charge in [-0.1, -0.05) is 11.2 Å². The van der Waals surface area contributed by atoms with Gasteiger partial charge in [-0.2, -0.15) is 0 Å². The van der Waals surface area contributed by atoms with Crippen molar-refractivity contribution in [3.63, 3.8) is 0 Å². The van der Waals surface area contributed by atoms with E-state index in [4.69, 9.17) is 4.52 Å². The van der Waals surface area contributed by atoms with Gasteiger partial charge in [-0.25, -0.2) is 4.98 Å². The number of carbonyl (C=O) groups excluding carboxylic acids is 2. The third-order valence-electron chi connectivity index (χ3n) is 3.86. The Labute approximate surface area is 139 Å². The van der Waals surface area contributed by atoms with Crippen LogP contribution in [-0.4, -0.2) is 65.0 Å². The van der Waals surface area contributed by atoms with E-state index < -0.39 is 5.91 Å². The van der Waals surface area contributed by atoms with Crippen LogP contribution in [0, 0.1) is 6.92 Å². The first-order valence-electron chi connectivity index (χ1n) is 7.72. The summed E-state index contributed by atoms with van der Waals surface area (Å²) in [6.45, 7) is 4.71. The number of amides is 2. The normalized spacial score (nSPS) is 15.3. The highest BCUT2D eigenvalue weighted by Gasteiger charge is 2.22. The number of nitrogens with zero attached hydrogens (tertiary/aromatic N) is 4. The maximum atomic E-state index is 12.5. The van der Waals surface area contributed by atoms with Crippen molar-refractivity contribution in [3.05, 3.63) is 41.4 Å². The largest absolute Gasteiger partial charge is 0.360 e. The molecule has 1 N–H and O–H groups in total. The summed E-state index contributed by atoms with van der Waals surface area (Å²) in [5.41, 5.74) is 0.430. The minimum Gasteiger partial charge on any atom is -0.360 e. The van der Waals surface area contributed by atoms with Gasteiger partial charge in [0.2, 0.25) is 0 Å². The molecule has 0 atom stereocenters. The molecule has 1 aliphatic heterocycles. The standard InChI is InChI=1S/C16H19N5O3/c1-11-10-14(19-24-11)18-15(22)12-4-3-5-13(17-12)16(23)21-8-6-20(2)7-9-21/h3-5,10H,6-9H2,1-2H3,(H,18,19,22). The van der Waals surface area contributed by atoms with E-state index in [1.54, 1.807) is 36.1 Å². The molecule has 0 spiro atoms. The molecule has 1 saturated heterocycles. The maximum absolute atomic E-state index is 12.5. The van der Waals surface area contributed by atoms with Gasteiger partial charge in [0.1, 0.15) is 17.1 Å². The molecule has 0 bridgehead atoms. The molecule has 0 aromatic carbocycles. The topological polar surface area (TPSA) is 91.6 Å². The van der Waals surface area contributed by atoms with Gasteiger partial charge in [-0.15, -0.1) is 0 Å². The Hall–Kier alpha value is -2.74. The zero-order chi connectivity index (χ0) is 17.1. The summed E-state index contributed by atoms with van der Waals surface area (Å²) in [5, 5.41) is 6.30. The van der Waals surface area contributed by atoms with Crippen LogP contribution in [0.1, 0.15) is 26.7 Å². The van der Waals surface area contributed by atoms with Crippen LogP contribution >= 0.6 is 0 Å². The molecule has 8 heteroatoms. The van der Waals surface area contributed by atoms with E-state index in [0.29, 0.717) is 24.7 Å². The van der Waals surface area contributed by atoms with Crippen LogP contribution in [0.4, 0.5) is 5.82 Å². The molecule has 0 radical (unpaired) electrons. The highest BCUT2D eigenvalue weighted by Crippen LogP contribution is 2.11. The number of likely N-dealkylation sites (N-methyl/N-ethyl adjacent to an activating group) is 1. The molecule has 126 valence electrons. The van der Waals surface area contributed by atoms with Gasteiger partial charge in [0.25, 0.3) is 11.8 Å². The number of hydrogen-bond acceptors (Lipinski definition) is 6. The molecule has 8 nitrogen and oxygen atoms in total. The van der Waals surface area contributed by atoms with Crippen LogP contribution < -0.4 is 5.32 Å². The number of carbonyl (C=O) groups is 2. The lowest BCUT2D eigenvalue weighted by Gasteiger charge is -2.32. The summed E-state index contributed by atoms with van der Waals surface area (Å²) >= 11 is 0. The molecular formula is C16H19N5O3. The number of nitrogens with one attached hydrogen (secondary N) is 1. The van der Waals surface area contributed by atoms with E-state index in [1.807, 2.05) is 7.05 Å². The highest BCUT2D eigenvalue weighted by molar-refractivity contribution is 6.03. The Morgan fingerprint density at radius 3 is 2.54 bits per heavy atom. The van der Waals surface area contributed by atoms with Crippen molar-refractivity contribution in [2.45, 2.75) is 6.92 Å². The predicted molar refractivity (Wildman–Crippen MR) is 86.8 cm³/mol. The van der Waals surface area contributed by atoms with Gasteiger partial charge in [0, 0.05) is 32.2 Å². The molecule has 0 saturated carbocycles. The monoisotopic (exact) mass is 329 g/mol. The van der Waals surface area contributed by atoms with Crippen molar-refractivity contribution in [1.82, 2.24) is 19.9 Å². The fourth-order valence-electron chi connectivity index (χ4n) is 2.46. The minimum absolute atomic E-state index is 0.157. The van der Waals surface area contributed by atoms with Crippen LogP contribution in [0.25, 0.3) is 0 Å². The first kappa shape index (κ1) is 16.1.